The summed E-state index contributed by atoms with van der Waals surface area (Å²) >= 11 is 0. The molecule has 0 saturated heterocycles. The summed E-state index contributed by atoms with van der Waals surface area (Å²) in [5.74, 6) is 1.67. The Hall–Kier alpha value is -0.820. The average Bonchev–Trinajstić information content (AvgIpc) is 2.65. The highest BCUT2D eigenvalue weighted by atomic mass is 14.9. The quantitative estimate of drug-likeness (QED) is 0.794. The van der Waals surface area contributed by atoms with Gasteiger partial charge in [-0.15, -0.1) is 0 Å². The van der Waals surface area contributed by atoms with Gasteiger partial charge >= 0.3 is 0 Å². The predicted molar refractivity (Wildman–Crippen MR) is 76.9 cm³/mol. The zero-order valence-electron chi connectivity index (χ0n) is 11.5. The minimum atomic E-state index is 0.706. The van der Waals surface area contributed by atoms with Crippen LogP contribution in [-0.4, -0.2) is 13.1 Å². The van der Waals surface area contributed by atoms with Crippen LogP contribution in [0.15, 0.2) is 24.3 Å². The third-order valence-electron chi connectivity index (χ3n) is 5.07. The zero-order chi connectivity index (χ0) is 12.4. The van der Waals surface area contributed by atoms with Gasteiger partial charge in [0, 0.05) is 12.0 Å². The van der Waals surface area contributed by atoms with E-state index in [2.05, 4.69) is 36.6 Å². The minimum absolute atomic E-state index is 0.706. The van der Waals surface area contributed by atoms with E-state index in [9.17, 15) is 0 Å². The standard InChI is InChI=1S/C17H25N/c1-18-17(13-8-4-2-3-5-9-13)16-12-14-10-6-7-11-15(14)16/h6-7,10-11,13,16-18H,2-5,8-9,12H2,1H3. The summed E-state index contributed by atoms with van der Waals surface area (Å²) < 4.78 is 0. The van der Waals surface area contributed by atoms with E-state index in [4.69, 9.17) is 0 Å². The van der Waals surface area contributed by atoms with Crippen molar-refractivity contribution in [2.24, 2.45) is 5.92 Å². The highest BCUT2D eigenvalue weighted by Gasteiger charge is 2.36. The van der Waals surface area contributed by atoms with Gasteiger partial charge in [-0.05, 0) is 43.4 Å². The van der Waals surface area contributed by atoms with Gasteiger partial charge < -0.3 is 5.32 Å². The molecule has 98 valence electrons. The Balaban J connectivity index is 1.73. The lowest BCUT2D eigenvalue weighted by molar-refractivity contribution is 0.276. The van der Waals surface area contributed by atoms with Crippen LogP contribution >= 0.6 is 0 Å². The maximum atomic E-state index is 3.64. The fourth-order valence-corrected chi connectivity index (χ4v) is 4.05. The van der Waals surface area contributed by atoms with Crippen LogP contribution in [0.5, 0.6) is 0 Å². The molecular weight excluding hydrogens is 218 g/mol. The highest BCUT2D eigenvalue weighted by molar-refractivity contribution is 5.41. The number of hydrogen-bond acceptors (Lipinski definition) is 1. The summed E-state index contributed by atoms with van der Waals surface area (Å²) in [4.78, 5) is 0. The first-order valence-corrected chi connectivity index (χ1v) is 7.65. The normalized spacial score (nSPS) is 25.9. The minimum Gasteiger partial charge on any atom is -0.316 e. The number of benzene rings is 1. The van der Waals surface area contributed by atoms with Gasteiger partial charge in [-0.2, -0.15) is 0 Å². The molecule has 0 heterocycles. The maximum absolute atomic E-state index is 3.64. The van der Waals surface area contributed by atoms with Gasteiger partial charge in [0.25, 0.3) is 0 Å². The average molecular weight is 243 g/mol. The molecule has 1 nitrogen and oxygen atoms in total. The van der Waals surface area contributed by atoms with Crippen molar-refractivity contribution in [2.45, 2.75) is 56.9 Å². The maximum Gasteiger partial charge on any atom is 0.0164 e. The molecule has 2 aliphatic rings. The summed E-state index contributed by atoms with van der Waals surface area (Å²) in [5.41, 5.74) is 3.19. The molecule has 1 heteroatoms. The number of hydrogen-bond donors (Lipinski definition) is 1. The molecule has 2 atom stereocenters. The Morgan fingerprint density at radius 1 is 1.06 bits per heavy atom. The van der Waals surface area contributed by atoms with E-state index in [0.717, 1.165) is 11.8 Å². The molecule has 1 saturated carbocycles. The van der Waals surface area contributed by atoms with Crippen LogP contribution < -0.4 is 5.32 Å². The number of fused-ring (bicyclic) bond motifs is 1. The Bertz CT molecular complexity index is 390. The molecular formula is C17H25N. The van der Waals surface area contributed by atoms with Crippen LogP contribution in [0.3, 0.4) is 0 Å². The lowest BCUT2D eigenvalue weighted by Gasteiger charge is -2.40. The number of nitrogens with one attached hydrogen (secondary N) is 1. The van der Waals surface area contributed by atoms with Crippen LogP contribution in [0.1, 0.15) is 55.6 Å². The van der Waals surface area contributed by atoms with Gasteiger partial charge in [-0.1, -0.05) is 49.9 Å². The van der Waals surface area contributed by atoms with Gasteiger partial charge in [-0.25, -0.2) is 0 Å². The second kappa shape index (κ2) is 5.44. The third-order valence-corrected chi connectivity index (χ3v) is 5.07. The fourth-order valence-electron chi connectivity index (χ4n) is 4.05. The summed E-state index contributed by atoms with van der Waals surface area (Å²) in [6, 6.07) is 9.72. The van der Waals surface area contributed by atoms with Crippen molar-refractivity contribution >= 4 is 0 Å². The van der Waals surface area contributed by atoms with E-state index in [-0.39, 0.29) is 0 Å². The number of rotatable bonds is 3. The monoisotopic (exact) mass is 243 g/mol. The lowest BCUT2D eigenvalue weighted by Crippen LogP contribution is -2.43. The molecule has 2 unspecified atom stereocenters. The smallest absolute Gasteiger partial charge is 0.0164 e. The van der Waals surface area contributed by atoms with Crippen LogP contribution in [-0.2, 0) is 6.42 Å². The number of likely N-dealkylation sites (N-methyl/N-ethyl adjacent to an activating group) is 1. The lowest BCUT2D eigenvalue weighted by atomic mass is 9.69. The van der Waals surface area contributed by atoms with Gasteiger partial charge in [0.2, 0.25) is 0 Å². The van der Waals surface area contributed by atoms with Gasteiger partial charge in [0.1, 0.15) is 0 Å². The second-order valence-corrected chi connectivity index (χ2v) is 6.08. The van der Waals surface area contributed by atoms with Crippen LogP contribution in [0.2, 0.25) is 0 Å². The van der Waals surface area contributed by atoms with Crippen molar-refractivity contribution < 1.29 is 0 Å². The Kier molecular flexibility index (Phi) is 3.69. The third kappa shape index (κ3) is 2.21. The van der Waals surface area contributed by atoms with Gasteiger partial charge in [0.15, 0.2) is 0 Å². The van der Waals surface area contributed by atoms with Crippen molar-refractivity contribution in [3.8, 4) is 0 Å². The Labute approximate surface area is 111 Å². The largest absolute Gasteiger partial charge is 0.316 e. The van der Waals surface area contributed by atoms with Crippen LogP contribution in [0.25, 0.3) is 0 Å². The zero-order valence-corrected chi connectivity index (χ0v) is 11.5. The molecule has 18 heavy (non-hydrogen) atoms. The fraction of sp³-hybridized carbons (Fsp3) is 0.647. The van der Waals surface area contributed by atoms with E-state index in [0.29, 0.717) is 6.04 Å². The first kappa shape index (κ1) is 12.2. The van der Waals surface area contributed by atoms with Crippen molar-refractivity contribution in [1.82, 2.24) is 5.32 Å². The summed E-state index contributed by atoms with van der Waals surface area (Å²) in [5, 5.41) is 3.64. The van der Waals surface area contributed by atoms with Crippen LogP contribution in [0.4, 0.5) is 0 Å². The Morgan fingerprint density at radius 3 is 2.44 bits per heavy atom. The molecule has 1 aromatic rings. The molecule has 0 amide bonds. The highest BCUT2D eigenvalue weighted by Crippen LogP contribution is 2.42. The van der Waals surface area contributed by atoms with Crippen LogP contribution in [0, 0.1) is 5.92 Å². The SMILES string of the molecule is CNC(C1CCCCCC1)C1Cc2ccccc21. The topological polar surface area (TPSA) is 12.0 Å². The molecule has 1 N–H and O–H groups in total. The van der Waals surface area contributed by atoms with Crippen molar-refractivity contribution in [2.75, 3.05) is 7.05 Å². The van der Waals surface area contributed by atoms with Crippen molar-refractivity contribution in [3.63, 3.8) is 0 Å². The Morgan fingerprint density at radius 2 is 1.78 bits per heavy atom. The molecule has 1 aromatic carbocycles. The summed E-state index contributed by atoms with van der Waals surface area (Å²) in [7, 11) is 2.16. The van der Waals surface area contributed by atoms with E-state index >= 15 is 0 Å². The van der Waals surface area contributed by atoms with E-state index in [1.165, 1.54) is 44.9 Å². The molecule has 0 radical (unpaired) electrons. The summed E-state index contributed by atoms with van der Waals surface area (Å²) in [6.07, 6.45) is 9.95. The molecule has 0 spiro atoms. The van der Waals surface area contributed by atoms with E-state index < -0.39 is 0 Å². The molecule has 0 aliphatic heterocycles. The molecule has 1 fully saturated rings. The van der Waals surface area contributed by atoms with Gasteiger partial charge in [-0.3, -0.25) is 0 Å². The molecule has 2 aliphatic carbocycles. The van der Waals surface area contributed by atoms with Crippen molar-refractivity contribution in [1.29, 1.82) is 0 Å². The molecule has 3 rings (SSSR count). The van der Waals surface area contributed by atoms with E-state index in [1.807, 2.05) is 0 Å². The first-order chi connectivity index (χ1) is 8.90. The predicted octanol–water partition coefficient (Wildman–Crippen LogP) is 3.88. The molecule has 0 aromatic heterocycles. The first-order valence-electron chi connectivity index (χ1n) is 7.65. The summed E-state index contributed by atoms with van der Waals surface area (Å²) in [6.45, 7) is 0. The van der Waals surface area contributed by atoms with E-state index in [1.54, 1.807) is 11.1 Å². The second-order valence-electron chi connectivity index (χ2n) is 6.08. The van der Waals surface area contributed by atoms with Gasteiger partial charge in [0.05, 0.1) is 0 Å². The van der Waals surface area contributed by atoms with Crippen molar-refractivity contribution in [3.05, 3.63) is 35.4 Å². The molecule has 0 bridgehead atoms.